The molecule has 0 aliphatic carbocycles. The third-order valence-corrected chi connectivity index (χ3v) is 6.87. The van der Waals surface area contributed by atoms with Crippen LogP contribution in [0.1, 0.15) is 22.8 Å². The summed E-state index contributed by atoms with van der Waals surface area (Å²) in [5.41, 5.74) is 8.58. The number of ether oxygens (including phenoxy) is 1. The molecular formula is C27H28F2N6O3. The van der Waals surface area contributed by atoms with Crippen LogP contribution in [0.3, 0.4) is 0 Å². The number of piperazine rings is 1. The van der Waals surface area contributed by atoms with Crippen molar-refractivity contribution in [2.75, 3.05) is 44.2 Å². The van der Waals surface area contributed by atoms with Crippen molar-refractivity contribution >= 4 is 39.6 Å². The van der Waals surface area contributed by atoms with Crippen LogP contribution < -0.4 is 10.6 Å². The van der Waals surface area contributed by atoms with E-state index in [1.807, 2.05) is 6.07 Å². The monoisotopic (exact) mass is 522 g/mol. The van der Waals surface area contributed by atoms with Gasteiger partial charge in [0, 0.05) is 38.1 Å². The maximum Gasteiger partial charge on any atom is 0.325 e. The molecule has 0 bridgehead atoms. The lowest BCUT2D eigenvalue weighted by Crippen LogP contribution is -2.47. The van der Waals surface area contributed by atoms with E-state index >= 15 is 0 Å². The van der Waals surface area contributed by atoms with Gasteiger partial charge in [-0.25, -0.2) is 18.7 Å². The number of carbonyl (C=O) groups is 2. The first kappa shape index (κ1) is 25.5. The van der Waals surface area contributed by atoms with Gasteiger partial charge in [-0.2, -0.15) is 0 Å². The van der Waals surface area contributed by atoms with Gasteiger partial charge in [-0.15, -0.1) is 0 Å². The van der Waals surface area contributed by atoms with Crippen molar-refractivity contribution in [1.29, 1.82) is 0 Å². The first-order valence-electron chi connectivity index (χ1n) is 12.5. The Balaban J connectivity index is 1.44. The Morgan fingerprint density at radius 2 is 1.84 bits per heavy atom. The highest BCUT2D eigenvalue weighted by Crippen LogP contribution is 2.35. The molecule has 5 rings (SSSR count). The summed E-state index contributed by atoms with van der Waals surface area (Å²) in [6, 6.07) is 9.19. The largest absolute Gasteiger partial charge is 0.465 e. The van der Waals surface area contributed by atoms with Crippen LogP contribution in [0.15, 0.2) is 42.7 Å². The van der Waals surface area contributed by atoms with Crippen LogP contribution in [-0.2, 0) is 22.5 Å². The Kier molecular flexibility index (Phi) is 7.19. The molecule has 1 fully saturated rings. The minimum atomic E-state index is -0.846. The van der Waals surface area contributed by atoms with Gasteiger partial charge in [-0.1, -0.05) is 12.1 Å². The standard InChI is InChI=1S/C27H28F2N6O3/c1-2-38-22(36)15-35-21-5-3-4-18(26(30)37)23(21)24-25(35)27(32-16-31-24)34-12-10-33(11-13-34)9-8-17-6-7-19(28)20(29)14-17/h3-7,14,16H,2,8-13,15H2,1H3,(H2,30,37). The second kappa shape index (κ2) is 10.7. The van der Waals surface area contributed by atoms with E-state index in [-0.39, 0.29) is 13.2 Å². The smallest absolute Gasteiger partial charge is 0.325 e. The van der Waals surface area contributed by atoms with Gasteiger partial charge in [-0.3, -0.25) is 14.5 Å². The summed E-state index contributed by atoms with van der Waals surface area (Å²) in [5.74, 6) is -2.01. The summed E-state index contributed by atoms with van der Waals surface area (Å²) >= 11 is 0. The maximum absolute atomic E-state index is 13.5. The lowest BCUT2D eigenvalue weighted by molar-refractivity contribution is -0.143. The van der Waals surface area contributed by atoms with E-state index in [2.05, 4.69) is 19.8 Å². The van der Waals surface area contributed by atoms with Crippen molar-refractivity contribution in [3.05, 3.63) is 65.5 Å². The summed E-state index contributed by atoms with van der Waals surface area (Å²) in [6.45, 7) is 5.43. The molecule has 1 aliphatic rings. The number of fused-ring (bicyclic) bond motifs is 3. The number of anilines is 1. The fourth-order valence-corrected chi connectivity index (χ4v) is 5.04. The Hall–Kier alpha value is -4.12. The molecule has 11 heteroatoms. The number of aromatic nitrogens is 3. The Labute approximate surface area is 217 Å². The Morgan fingerprint density at radius 1 is 1.05 bits per heavy atom. The first-order valence-corrected chi connectivity index (χ1v) is 12.5. The molecule has 0 spiro atoms. The van der Waals surface area contributed by atoms with E-state index in [9.17, 15) is 18.4 Å². The predicted molar refractivity (Wildman–Crippen MR) is 139 cm³/mol. The third-order valence-electron chi connectivity index (χ3n) is 6.87. The number of benzene rings is 2. The molecule has 0 unspecified atom stereocenters. The summed E-state index contributed by atoms with van der Waals surface area (Å²) < 4.78 is 33.8. The number of esters is 1. The zero-order valence-electron chi connectivity index (χ0n) is 21.0. The van der Waals surface area contributed by atoms with E-state index in [4.69, 9.17) is 10.5 Å². The first-order chi connectivity index (χ1) is 18.4. The zero-order chi connectivity index (χ0) is 26.8. The molecule has 9 nitrogen and oxygen atoms in total. The molecule has 38 heavy (non-hydrogen) atoms. The van der Waals surface area contributed by atoms with Crippen molar-refractivity contribution in [2.45, 2.75) is 19.9 Å². The quantitative estimate of drug-likeness (QED) is 0.355. The second-order valence-electron chi connectivity index (χ2n) is 9.18. The highest BCUT2D eigenvalue weighted by Gasteiger charge is 2.26. The van der Waals surface area contributed by atoms with Crippen LogP contribution in [0.4, 0.5) is 14.6 Å². The van der Waals surface area contributed by atoms with Gasteiger partial charge in [0.2, 0.25) is 5.91 Å². The van der Waals surface area contributed by atoms with Gasteiger partial charge in [0.05, 0.1) is 17.7 Å². The van der Waals surface area contributed by atoms with Crippen molar-refractivity contribution < 1.29 is 23.1 Å². The fraction of sp³-hybridized carbons (Fsp3) is 0.333. The number of nitrogens with zero attached hydrogens (tertiary/aromatic N) is 5. The SMILES string of the molecule is CCOC(=O)Cn1c2cccc(C(N)=O)c2c2ncnc(N3CCN(CCc4ccc(F)c(F)c4)CC3)c21. The average molecular weight is 523 g/mol. The molecule has 0 saturated carbocycles. The fourth-order valence-electron chi connectivity index (χ4n) is 5.04. The van der Waals surface area contributed by atoms with E-state index in [0.29, 0.717) is 59.4 Å². The van der Waals surface area contributed by atoms with Crippen molar-refractivity contribution in [1.82, 2.24) is 19.4 Å². The topological polar surface area (TPSA) is 107 Å². The van der Waals surface area contributed by atoms with Crippen LogP contribution >= 0.6 is 0 Å². The van der Waals surface area contributed by atoms with E-state index in [0.717, 1.165) is 24.7 Å². The van der Waals surface area contributed by atoms with Crippen LogP contribution in [0.25, 0.3) is 21.9 Å². The lowest BCUT2D eigenvalue weighted by Gasteiger charge is -2.35. The number of nitrogens with two attached hydrogens (primary N) is 1. The molecule has 1 aliphatic heterocycles. The average Bonchev–Trinajstić information content (AvgIpc) is 3.23. The minimum Gasteiger partial charge on any atom is -0.465 e. The van der Waals surface area contributed by atoms with E-state index in [1.54, 1.807) is 29.7 Å². The van der Waals surface area contributed by atoms with Gasteiger partial charge in [0.1, 0.15) is 23.9 Å². The van der Waals surface area contributed by atoms with Crippen LogP contribution in [0, 0.1) is 11.6 Å². The predicted octanol–water partition coefficient (Wildman–Crippen LogP) is 2.89. The molecule has 2 N–H and O–H groups in total. The number of carbonyl (C=O) groups excluding carboxylic acids is 2. The molecule has 4 aromatic rings. The normalized spacial score (nSPS) is 14.3. The summed E-state index contributed by atoms with van der Waals surface area (Å²) in [5, 5.41) is 0.577. The van der Waals surface area contributed by atoms with Crippen molar-refractivity contribution in [2.24, 2.45) is 5.73 Å². The second-order valence-corrected chi connectivity index (χ2v) is 9.18. The zero-order valence-corrected chi connectivity index (χ0v) is 21.0. The minimum absolute atomic E-state index is 0.0649. The molecule has 2 aromatic carbocycles. The van der Waals surface area contributed by atoms with Gasteiger partial charge in [-0.05, 0) is 43.2 Å². The van der Waals surface area contributed by atoms with Crippen LogP contribution in [0.5, 0.6) is 0 Å². The molecule has 1 amide bonds. The summed E-state index contributed by atoms with van der Waals surface area (Å²) in [6.07, 6.45) is 2.07. The highest BCUT2D eigenvalue weighted by molar-refractivity contribution is 6.18. The molecule has 198 valence electrons. The van der Waals surface area contributed by atoms with Crippen molar-refractivity contribution in [3.63, 3.8) is 0 Å². The highest BCUT2D eigenvalue weighted by atomic mass is 19.2. The van der Waals surface area contributed by atoms with Gasteiger partial charge in [0.25, 0.3) is 0 Å². The lowest BCUT2D eigenvalue weighted by atomic mass is 10.1. The third kappa shape index (κ3) is 4.89. The van der Waals surface area contributed by atoms with Gasteiger partial charge in [0.15, 0.2) is 17.5 Å². The van der Waals surface area contributed by atoms with E-state index in [1.165, 1.54) is 12.4 Å². The van der Waals surface area contributed by atoms with E-state index < -0.39 is 23.5 Å². The number of hydrogen-bond donors (Lipinski definition) is 1. The van der Waals surface area contributed by atoms with Gasteiger partial charge < -0.3 is 19.9 Å². The number of primary amides is 1. The Bertz CT molecular complexity index is 1510. The number of amides is 1. The maximum atomic E-state index is 13.5. The van der Waals surface area contributed by atoms with Crippen molar-refractivity contribution in [3.8, 4) is 0 Å². The number of rotatable bonds is 8. The molecule has 0 radical (unpaired) electrons. The molecule has 1 saturated heterocycles. The van der Waals surface area contributed by atoms with Crippen LogP contribution in [0.2, 0.25) is 0 Å². The number of hydrogen-bond acceptors (Lipinski definition) is 7. The molecule has 0 atom stereocenters. The molecular weight excluding hydrogens is 494 g/mol. The number of halogens is 2. The van der Waals surface area contributed by atoms with Crippen LogP contribution in [-0.4, -0.2) is 70.6 Å². The molecule has 2 aromatic heterocycles. The summed E-state index contributed by atoms with van der Waals surface area (Å²) in [4.78, 5) is 38.2. The summed E-state index contributed by atoms with van der Waals surface area (Å²) in [7, 11) is 0. The van der Waals surface area contributed by atoms with Gasteiger partial charge >= 0.3 is 5.97 Å². The molecule has 3 heterocycles. The Morgan fingerprint density at radius 3 is 2.55 bits per heavy atom.